The molecule has 0 saturated carbocycles. The molecular weight excluding hydrogens is 242 g/mol. The predicted molar refractivity (Wildman–Crippen MR) is 66.2 cm³/mol. The smallest absolute Gasteiger partial charge is 0.168 e. The van der Waals surface area contributed by atoms with Crippen molar-refractivity contribution in [2.24, 2.45) is 5.73 Å². The van der Waals surface area contributed by atoms with Crippen molar-refractivity contribution < 1.29 is 14.2 Å². The Labute approximate surface area is 106 Å². The van der Waals surface area contributed by atoms with Gasteiger partial charge in [0.15, 0.2) is 11.5 Å². The van der Waals surface area contributed by atoms with Crippen LogP contribution in [-0.2, 0) is 5.54 Å². The summed E-state index contributed by atoms with van der Waals surface area (Å²) in [5.74, 6) is 1.80. The number of nitrogens with two attached hydrogens (primary N) is 1. The van der Waals surface area contributed by atoms with Crippen LogP contribution in [0.15, 0.2) is 6.07 Å². The molecule has 0 fully saturated rings. The fourth-order valence-electron chi connectivity index (χ4n) is 1.86. The van der Waals surface area contributed by atoms with Gasteiger partial charge in [-0.05, 0) is 13.8 Å². The molecule has 17 heavy (non-hydrogen) atoms. The largest absolute Gasteiger partial charge is 0.495 e. The summed E-state index contributed by atoms with van der Waals surface area (Å²) in [5.41, 5.74) is 6.22. The van der Waals surface area contributed by atoms with Gasteiger partial charge < -0.3 is 19.9 Å². The molecular formula is C12H16ClNO3. The van der Waals surface area contributed by atoms with Gasteiger partial charge in [-0.1, -0.05) is 11.6 Å². The number of hydrogen-bond donors (Lipinski definition) is 1. The summed E-state index contributed by atoms with van der Waals surface area (Å²) in [6.07, 6.45) is 0. The Morgan fingerprint density at radius 3 is 2.59 bits per heavy atom. The molecule has 0 spiro atoms. The number of methoxy groups -OCH3 is 1. The summed E-state index contributed by atoms with van der Waals surface area (Å²) in [7, 11) is 1.56. The van der Waals surface area contributed by atoms with Crippen LogP contribution >= 0.6 is 11.6 Å². The van der Waals surface area contributed by atoms with Crippen LogP contribution in [0.5, 0.6) is 17.2 Å². The van der Waals surface area contributed by atoms with Gasteiger partial charge in [0, 0.05) is 17.2 Å². The topological polar surface area (TPSA) is 53.7 Å². The summed E-state index contributed by atoms with van der Waals surface area (Å²) >= 11 is 6.29. The summed E-state index contributed by atoms with van der Waals surface area (Å²) in [5, 5.41) is 0.476. The maximum atomic E-state index is 6.29. The van der Waals surface area contributed by atoms with Crippen LogP contribution in [0, 0.1) is 0 Å². The van der Waals surface area contributed by atoms with Crippen LogP contribution in [0.3, 0.4) is 0 Å². The molecule has 1 aliphatic heterocycles. The maximum absolute atomic E-state index is 6.29. The van der Waals surface area contributed by atoms with Crippen LogP contribution in [0.1, 0.15) is 19.4 Å². The molecule has 0 bridgehead atoms. The molecule has 5 heteroatoms. The number of fused-ring (bicyclic) bond motifs is 1. The minimum absolute atomic E-state index is 0.476. The Balaban J connectivity index is 2.68. The molecule has 0 amide bonds. The van der Waals surface area contributed by atoms with Crippen LogP contribution in [0.25, 0.3) is 0 Å². The lowest BCUT2D eigenvalue weighted by molar-refractivity contribution is 0.167. The molecule has 1 aromatic rings. The van der Waals surface area contributed by atoms with Crippen molar-refractivity contribution in [2.45, 2.75) is 19.4 Å². The molecule has 1 aromatic carbocycles. The minimum Gasteiger partial charge on any atom is -0.495 e. The van der Waals surface area contributed by atoms with E-state index in [-0.39, 0.29) is 0 Å². The van der Waals surface area contributed by atoms with Gasteiger partial charge in [0.2, 0.25) is 0 Å². The van der Waals surface area contributed by atoms with Crippen LogP contribution in [0.2, 0.25) is 5.02 Å². The first-order valence-electron chi connectivity index (χ1n) is 5.40. The van der Waals surface area contributed by atoms with Gasteiger partial charge in [-0.15, -0.1) is 0 Å². The molecule has 1 aliphatic rings. The van der Waals surface area contributed by atoms with E-state index in [0.717, 1.165) is 0 Å². The summed E-state index contributed by atoms with van der Waals surface area (Å²) in [4.78, 5) is 0. The minimum atomic E-state index is -0.629. The van der Waals surface area contributed by atoms with Gasteiger partial charge in [-0.3, -0.25) is 0 Å². The van der Waals surface area contributed by atoms with E-state index in [1.807, 2.05) is 13.8 Å². The Bertz CT molecular complexity index is 440. The molecule has 1 heterocycles. The molecule has 0 saturated heterocycles. The van der Waals surface area contributed by atoms with Gasteiger partial charge in [-0.25, -0.2) is 0 Å². The van der Waals surface area contributed by atoms with E-state index in [1.165, 1.54) is 0 Å². The second kappa shape index (κ2) is 4.27. The van der Waals surface area contributed by atoms with Gasteiger partial charge in [0.25, 0.3) is 0 Å². The summed E-state index contributed by atoms with van der Waals surface area (Å²) < 4.78 is 16.4. The van der Waals surface area contributed by atoms with E-state index in [1.54, 1.807) is 13.2 Å². The van der Waals surface area contributed by atoms with Crippen LogP contribution in [0.4, 0.5) is 0 Å². The highest BCUT2D eigenvalue weighted by Crippen LogP contribution is 2.47. The van der Waals surface area contributed by atoms with Gasteiger partial charge in [0.05, 0.1) is 12.1 Å². The fourth-order valence-corrected chi connectivity index (χ4v) is 2.32. The van der Waals surface area contributed by atoms with Crippen molar-refractivity contribution in [1.82, 2.24) is 0 Å². The van der Waals surface area contributed by atoms with E-state index < -0.39 is 5.54 Å². The second-order valence-electron chi connectivity index (χ2n) is 4.51. The molecule has 4 nitrogen and oxygen atoms in total. The number of benzene rings is 1. The maximum Gasteiger partial charge on any atom is 0.168 e. The molecule has 2 N–H and O–H groups in total. The molecule has 0 atom stereocenters. The van der Waals surface area contributed by atoms with Gasteiger partial charge in [-0.2, -0.15) is 0 Å². The monoisotopic (exact) mass is 257 g/mol. The van der Waals surface area contributed by atoms with Crippen molar-refractivity contribution in [1.29, 1.82) is 0 Å². The first-order chi connectivity index (χ1) is 7.95. The highest BCUT2D eigenvalue weighted by Gasteiger charge is 2.30. The third-order valence-corrected chi connectivity index (χ3v) is 2.98. The predicted octanol–water partition coefficient (Wildman–Crippen LogP) is 2.31. The number of halogens is 1. The van der Waals surface area contributed by atoms with E-state index in [9.17, 15) is 0 Å². The Hall–Kier alpha value is -1.13. The van der Waals surface area contributed by atoms with E-state index in [0.29, 0.717) is 41.0 Å². The van der Waals surface area contributed by atoms with Crippen molar-refractivity contribution in [3.63, 3.8) is 0 Å². The third kappa shape index (κ3) is 2.15. The van der Waals surface area contributed by atoms with Crippen molar-refractivity contribution in [3.8, 4) is 17.2 Å². The molecule has 0 radical (unpaired) electrons. The first kappa shape index (κ1) is 12.3. The molecule has 94 valence electrons. The average molecular weight is 258 g/mol. The number of ether oxygens (including phenoxy) is 3. The van der Waals surface area contributed by atoms with E-state index in [4.69, 9.17) is 31.5 Å². The van der Waals surface area contributed by atoms with Crippen LogP contribution in [-0.4, -0.2) is 20.3 Å². The van der Waals surface area contributed by atoms with E-state index in [2.05, 4.69) is 0 Å². The zero-order chi connectivity index (χ0) is 12.6. The Morgan fingerprint density at radius 2 is 2.00 bits per heavy atom. The SMILES string of the molecule is COc1cc2c(c(C(C)(C)N)c1Cl)OCCO2. The number of rotatable bonds is 2. The van der Waals surface area contributed by atoms with Gasteiger partial charge >= 0.3 is 0 Å². The van der Waals surface area contributed by atoms with Crippen molar-refractivity contribution >= 4 is 11.6 Å². The summed E-state index contributed by atoms with van der Waals surface area (Å²) in [6.45, 7) is 4.75. The molecule has 2 rings (SSSR count). The Kier molecular flexibility index (Phi) is 3.10. The lowest BCUT2D eigenvalue weighted by atomic mass is 9.93. The Morgan fingerprint density at radius 1 is 1.35 bits per heavy atom. The first-order valence-corrected chi connectivity index (χ1v) is 5.78. The standard InChI is InChI=1S/C12H16ClNO3/c1-12(2,14)9-10(13)7(15-3)6-8-11(9)17-5-4-16-8/h6H,4-5,14H2,1-3H3. The lowest BCUT2D eigenvalue weighted by Gasteiger charge is -2.29. The lowest BCUT2D eigenvalue weighted by Crippen LogP contribution is -2.31. The van der Waals surface area contributed by atoms with Crippen LogP contribution < -0.4 is 19.9 Å². The normalized spacial score (nSPS) is 14.6. The molecule has 0 aromatic heterocycles. The fraction of sp³-hybridized carbons (Fsp3) is 0.500. The molecule has 0 aliphatic carbocycles. The zero-order valence-corrected chi connectivity index (χ0v) is 10.9. The highest BCUT2D eigenvalue weighted by molar-refractivity contribution is 6.33. The zero-order valence-electron chi connectivity index (χ0n) is 10.2. The van der Waals surface area contributed by atoms with E-state index >= 15 is 0 Å². The average Bonchev–Trinajstić information content (AvgIpc) is 2.26. The second-order valence-corrected chi connectivity index (χ2v) is 4.89. The van der Waals surface area contributed by atoms with Crippen molar-refractivity contribution in [2.75, 3.05) is 20.3 Å². The number of hydrogen-bond acceptors (Lipinski definition) is 4. The van der Waals surface area contributed by atoms with Crippen molar-refractivity contribution in [3.05, 3.63) is 16.7 Å². The summed E-state index contributed by atoms with van der Waals surface area (Å²) in [6, 6.07) is 1.73. The third-order valence-electron chi connectivity index (χ3n) is 2.60. The molecule has 0 unspecified atom stereocenters. The quantitative estimate of drug-likeness (QED) is 0.883. The highest BCUT2D eigenvalue weighted by atomic mass is 35.5. The van der Waals surface area contributed by atoms with Gasteiger partial charge in [0.1, 0.15) is 19.0 Å².